The molecule has 14 heteroatoms. The topological polar surface area (TPSA) is 184 Å². The predicted octanol–water partition coefficient (Wildman–Crippen LogP) is 4.56. The molecule has 266 valence electrons. The Kier molecular flexibility index (Phi) is 8.44. The Labute approximate surface area is 296 Å². The molecule has 0 amide bonds. The minimum Gasteiger partial charge on any atom is -0.456 e. The third-order valence-electron chi connectivity index (χ3n) is 9.79. The monoisotopic (exact) mass is 705 g/mol. The van der Waals surface area contributed by atoms with Crippen molar-refractivity contribution in [1.29, 1.82) is 0 Å². The lowest BCUT2D eigenvalue weighted by Gasteiger charge is -2.43. The van der Waals surface area contributed by atoms with Crippen molar-refractivity contribution in [3.8, 4) is 0 Å². The number of benzene rings is 4. The fourth-order valence-electron chi connectivity index (χ4n) is 7.80. The quantitative estimate of drug-likeness (QED) is 0.119. The number of hydrogen-bond donors (Lipinski definition) is 3. The molecule has 14 nitrogen and oxygen atoms in total. The number of hydrogen-bond acceptors (Lipinski definition) is 13. The molecule has 0 radical (unpaired) electrons. The van der Waals surface area contributed by atoms with E-state index in [0.29, 0.717) is 22.3 Å². The fraction of sp³-hybridized carbons (Fsp3) is 0.316. The maximum Gasteiger partial charge on any atom is 0.303 e. The molecule has 1 saturated heterocycles. The van der Waals surface area contributed by atoms with Gasteiger partial charge in [0.1, 0.15) is 18.7 Å². The smallest absolute Gasteiger partial charge is 0.303 e. The van der Waals surface area contributed by atoms with Crippen LogP contribution in [0, 0.1) is 0 Å². The van der Waals surface area contributed by atoms with Crippen LogP contribution >= 0.6 is 0 Å². The Morgan fingerprint density at radius 2 is 1.44 bits per heavy atom. The number of rotatable bonds is 7. The van der Waals surface area contributed by atoms with Crippen molar-refractivity contribution in [3.63, 3.8) is 0 Å². The van der Waals surface area contributed by atoms with E-state index in [9.17, 15) is 24.6 Å². The van der Waals surface area contributed by atoms with Gasteiger partial charge in [-0.15, -0.1) is 0 Å². The summed E-state index contributed by atoms with van der Waals surface area (Å²) in [6, 6.07) is 18.9. The van der Waals surface area contributed by atoms with E-state index in [2.05, 4.69) is 26.3 Å². The van der Waals surface area contributed by atoms with Gasteiger partial charge in [-0.2, -0.15) is 0 Å². The van der Waals surface area contributed by atoms with Crippen LogP contribution in [0.2, 0.25) is 0 Å². The minimum atomic E-state index is -1.25. The number of imidazole rings is 1. The lowest BCUT2D eigenvalue weighted by Crippen LogP contribution is -2.50. The highest BCUT2D eigenvalue weighted by atomic mass is 16.6. The molecule has 4 aromatic carbocycles. The Morgan fingerprint density at radius 1 is 0.827 bits per heavy atom. The summed E-state index contributed by atoms with van der Waals surface area (Å²) in [6.07, 6.45) is -2.81. The predicted molar refractivity (Wildman–Crippen MR) is 188 cm³/mol. The molecule has 7 atom stereocenters. The summed E-state index contributed by atoms with van der Waals surface area (Å²) in [5.74, 6) is -1.66. The Hall–Kier alpha value is -5.70. The van der Waals surface area contributed by atoms with E-state index < -0.39 is 60.7 Å². The average molecular weight is 706 g/mol. The number of fused-ring (bicyclic) bond motifs is 9. The number of anilines is 1. The van der Waals surface area contributed by atoms with E-state index >= 15 is 0 Å². The Morgan fingerprint density at radius 3 is 2.08 bits per heavy atom. The first-order chi connectivity index (χ1) is 25.1. The zero-order valence-electron chi connectivity index (χ0n) is 28.4. The summed E-state index contributed by atoms with van der Waals surface area (Å²) >= 11 is 0. The number of aromatic nitrogens is 4. The molecule has 3 heterocycles. The number of ether oxygens (including phenoxy) is 4. The molecule has 6 aromatic rings. The maximum absolute atomic E-state index is 12.9. The highest BCUT2D eigenvalue weighted by Crippen LogP contribution is 2.49. The van der Waals surface area contributed by atoms with Crippen LogP contribution in [0.15, 0.2) is 73.3 Å². The van der Waals surface area contributed by atoms with E-state index in [-0.39, 0.29) is 18.8 Å². The van der Waals surface area contributed by atoms with Crippen LogP contribution in [0.25, 0.3) is 43.5 Å². The number of aliphatic hydroxyl groups is 2. The number of carbonyl (C=O) groups is 3. The van der Waals surface area contributed by atoms with Crippen molar-refractivity contribution in [3.05, 3.63) is 84.4 Å². The fourth-order valence-corrected chi connectivity index (χ4v) is 7.80. The van der Waals surface area contributed by atoms with E-state index in [0.717, 1.165) is 32.3 Å². The average Bonchev–Trinajstić information content (AvgIpc) is 3.73. The SMILES string of the molecule is CC(=O)O[C@@H]1[C@H](OC(C)=O)[C@@H](Nc2ncnc3c2ncn3[C@H]2C[C@H](O)[C@@H](CO)O2)c2c(ccc3c4ccccc4c4ccccc4c23)[C@H]1OC(C)=O. The highest BCUT2D eigenvalue weighted by Gasteiger charge is 2.50. The number of aliphatic hydroxyl groups excluding tert-OH is 2. The standard InChI is InChI=1S/C38H35N5O9/c1-18(45)49-34-26-13-12-25-23-10-5-4-8-21(23)22-9-6-7-11-24(22)30(25)31(26)32(35(50-19(2)46)36(34)51-20(3)47)42-37-33-38(40-16-39-37)43(17-41-33)29-14-27(48)28(15-44)52-29/h4-13,16-17,27-29,32,34-36,44,48H,14-15H2,1-3H3,(H,39,40,42)/t27-,28+,29+,32-,34+,35+,36-/m0/s1. The molecule has 0 unspecified atom stereocenters. The number of nitrogens with one attached hydrogen (secondary N) is 1. The second-order valence-electron chi connectivity index (χ2n) is 13.0. The van der Waals surface area contributed by atoms with Gasteiger partial charge in [-0.25, -0.2) is 15.0 Å². The van der Waals surface area contributed by atoms with E-state index in [4.69, 9.17) is 18.9 Å². The minimum absolute atomic E-state index is 0.211. The second kappa shape index (κ2) is 13.1. The Balaban J connectivity index is 1.39. The number of esters is 3. The van der Waals surface area contributed by atoms with Gasteiger partial charge < -0.3 is 34.5 Å². The van der Waals surface area contributed by atoms with Crippen LogP contribution < -0.4 is 5.32 Å². The molecular formula is C38H35N5O9. The van der Waals surface area contributed by atoms with Crippen molar-refractivity contribution in [1.82, 2.24) is 19.5 Å². The molecule has 3 N–H and O–H groups in total. The molecule has 1 aliphatic heterocycles. The summed E-state index contributed by atoms with van der Waals surface area (Å²) in [5, 5.41) is 29.2. The molecule has 1 fully saturated rings. The maximum atomic E-state index is 12.9. The van der Waals surface area contributed by atoms with Gasteiger partial charge in [-0.05, 0) is 37.9 Å². The molecule has 2 aromatic heterocycles. The molecule has 0 saturated carbocycles. The normalized spacial score (nSPS) is 24.2. The molecule has 52 heavy (non-hydrogen) atoms. The zero-order chi connectivity index (χ0) is 36.3. The Bertz CT molecular complexity index is 2360. The van der Waals surface area contributed by atoms with Gasteiger partial charge in [0.2, 0.25) is 0 Å². The zero-order valence-corrected chi connectivity index (χ0v) is 28.4. The first-order valence-electron chi connectivity index (χ1n) is 16.9. The van der Waals surface area contributed by atoms with Gasteiger partial charge in [0.25, 0.3) is 0 Å². The molecule has 0 bridgehead atoms. The number of nitrogens with zero attached hydrogens (tertiary/aromatic N) is 4. The van der Waals surface area contributed by atoms with E-state index in [1.54, 1.807) is 4.57 Å². The van der Waals surface area contributed by atoms with Crippen LogP contribution in [-0.2, 0) is 33.3 Å². The van der Waals surface area contributed by atoms with Gasteiger partial charge in [-0.1, -0.05) is 60.7 Å². The van der Waals surface area contributed by atoms with Crippen molar-refractivity contribution in [2.45, 2.75) is 70.0 Å². The van der Waals surface area contributed by atoms with Crippen LogP contribution in [0.3, 0.4) is 0 Å². The first-order valence-corrected chi connectivity index (χ1v) is 16.9. The van der Waals surface area contributed by atoms with Crippen LogP contribution in [0.4, 0.5) is 5.82 Å². The van der Waals surface area contributed by atoms with Crippen molar-refractivity contribution >= 4 is 67.2 Å². The summed E-state index contributed by atoms with van der Waals surface area (Å²) in [5.41, 5.74) is 1.93. The van der Waals surface area contributed by atoms with Crippen LogP contribution in [-0.4, -0.2) is 78.7 Å². The van der Waals surface area contributed by atoms with Crippen LogP contribution in [0.5, 0.6) is 0 Å². The molecule has 2 aliphatic rings. The van der Waals surface area contributed by atoms with Crippen molar-refractivity contribution in [2.24, 2.45) is 0 Å². The lowest BCUT2D eigenvalue weighted by molar-refractivity contribution is -0.187. The first kappa shape index (κ1) is 33.4. The third kappa shape index (κ3) is 5.55. The number of carbonyl (C=O) groups excluding carboxylic acids is 3. The second-order valence-corrected chi connectivity index (χ2v) is 13.0. The van der Waals surface area contributed by atoms with Gasteiger partial charge in [0.15, 0.2) is 35.3 Å². The van der Waals surface area contributed by atoms with Crippen molar-refractivity contribution in [2.75, 3.05) is 11.9 Å². The summed E-state index contributed by atoms with van der Waals surface area (Å²) < 4.78 is 25.4. The van der Waals surface area contributed by atoms with Crippen LogP contribution in [0.1, 0.15) is 56.7 Å². The van der Waals surface area contributed by atoms with Gasteiger partial charge in [-0.3, -0.25) is 19.0 Å². The highest BCUT2D eigenvalue weighted by molar-refractivity contribution is 6.26. The largest absolute Gasteiger partial charge is 0.456 e. The van der Waals surface area contributed by atoms with Gasteiger partial charge in [0.05, 0.1) is 25.1 Å². The van der Waals surface area contributed by atoms with E-state index in [1.807, 2.05) is 54.6 Å². The summed E-state index contributed by atoms with van der Waals surface area (Å²) in [7, 11) is 0. The van der Waals surface area contributed by atoms with E-state index in [1.165, 1.54) is 33.4 Å². The molecular weight excluding hydrogens is 670 g/mol. The van der Waals surface area contributed by atoms with Gasteiger partial charge >= 0.3 is 17.9 Å². The molecule has 1 aliphatic carbocycles. The van der Waals surface area contributed by atoms with Crippen molar-refractivity contribution < 1.29 is 43.5 Å². The molecule has 0 spiro atoms. The summed E-state index contributed by atoms with van der Waals surface area (Å²) in [4.78, 5) is 51.8. The van der Waals surface area contributed by atoms with Gasteiger partial charge in [0, 0.05) is 32.8 Å². The molecule has 8 rings (SSSR count). The summed E-state index contributed by atoms with van der Waals surface area (Å²) in [6.45, 7) is 3.41. The third-order valence-corrected chi connectivity index (χ3v) is 9.79. The lowest BCUT2D eigenvalue weighted by atomic mass is 9.77.